The molecule has 8 heteroatoms. The van der Waals surface area contributed by atoms with Crippen LogP contribution in [0.2, 0.25) is 0 Å². The van der Waals surface area contributed by atoms with E-state index in [1.165, 1.54) is 11.9 Å². The number of hydrogen-bond donors (Lipinski definition) is 3. The summed E-state index contributed by atoms with van der Waals surface area (Å²) in [7, 11) is -2.89. The standard InChI is InChI=1S/C26H34N4O3P/c1-26(2)23(30-22-24(27)28-16-29-25(22)33-26)20-13-11-19(12-14-20)18-9-7-17(8-10-18)15-34(31,32)21-5-3-4-6-21/h5,11-14,16-18,31-32H,3-4,6-10,15H2,1-2H3,(H2,27,28,29)/q+1. The van der Waals surface area contributed by atoms with Crippen LogP contribution >= 0.6 is 7.72 Å². The number of hydrogen-bond acceptors (Lipinski definition) is 7. The highest BCUT2D eigenvalue weighted by atomic mass is 31.2. The van der Waals surface area contributed by atoms with Gasteiger partial charge in [0.1, 0.15) is 23.4 Å². The molecule has 3 aliphatic rings. The van der Waals surface area contributed by atoms with E-state index in [1.54, 1.807) is 0 Å². The third-order valence-corrected chi connectivity index (χ3v) is 9.81. The minimum atomic E-state index is -2.89. The van der Waals surface area contributed by atoms with Crippen LogP contribution in [-0.4, -0.2) is 37.2 Å². The summed E-state index contributed by atoms with van der Waals surface area (Å²) in [6.45, 7) is 3.96. The molecule has 5 rings (SSSR count). The highest BCUT2D eigenvalue weighted by molar-refractivity contribution is 7.68. The smallest absolute Gasteiger partial charge is 0.295 e. The summed E-state index contributed by atoms with van der Waals surface area (Å²) >= 11 is 0. The first-order chi connectivity index (χ1) is 16.2. The molecule has 0 radical (unpaired) electrons. The van der Waals surface area contributed by atoms with Crippen molar-refractivity contribution in [2.24, 2.45) is 10.9 Å². The summed E-state index contributed by atoms with van der Waals surface area (Å²) in [4.78, 5) is 34.4. The minimum absolute atomic E-state index is 0.313. The van der Waals surface area contributed by atoms with Crippen LogP contribution in [0.1, 0.15) is 75.8 Å². The Morgan fingerprint density at radius 1 is 1.09 bits per heavy atom. The van der Waals surface area contributed by atoms with Gasteiger partial charge in [-0.15, -0.1) is 0 Å². The molecule has 1 aromatic carbocycles. The highest BCUT2D eigenvalue weighted by Gasteiger charge is 2.43. The van der Waals surface area contributed by atoms with Gasteiger partial charge in [0.15, 0.2) is 11.5 Å². The normalized spacial score (nSPS) is 24.1. The maximum atomic E-state index is 10.7. The molecule has 2 aromatic rings. The molecule has 0 spiro atoms. The largest absolute Gasteiger partial charge is 0.463 e. The Morgan fingerprint density at radius 3 is 2.50 bits per heavy atom. The van der Waals surface area contributed by atoms with Crippen LogP contribution in [0.25, 0.3) is 0 Å². The highest BCUT2D eigenvalue weighted by Crippen LogP contribution is 2.63. The fourth-order valence-electron chi connectivity index (χ4n) is 5.55. The van der Waals surface area contributed by atoms with E-state index < -0.39 is 13.3 Å². The minimum Gasteiger partial charge on any atom is -0.463 e. The number of anilines is 1. The summed E-state index contributed by atoms with van der Waals surface area (Å²) < 4.78 is 6.10. The maximum absolute atomic E-state index is 10.7. The van der Waals surface area contributed by atoms with Crippen molar-refractivity contribution < 1.29 is 14.5 Å². The lowest BCUT2D eigenvalue weighted by atomic mass is 9.79. The summed E-state index contributed by atoms with van der Waals surface area (Å²) in [6.07, 6.45) is 11.2. The van der Waals surface area contributed by atoms with Crippen molar-refractivity contribution in [2.45, 2.75) is 70.3 Å². The number of nitrogen functional groups attached to an aromatic ring is 1. The Kier molecular flexibility index (Phi) is 6.21. The number of benzene rings is 1. The molecule has 1 saturated carbocycles. The molecule has 2 heterocycles. The van der Waals surface area contributed by atoms with Crippen LogP contribution in [0, 0.1) is 5.92 Å². The van der Waals surface area contributed by atoms with Gasteiger partial charge in [-0.2, -0.15) is 4.98 Å². The van der Waals surface area contributed by atoms with E-state index in [9.17, 15) is 9.79 Å². The van der Waals surface area contributed by atoms with Crippen molar-refractivity contribution in [1.82, 2.24) is 9.97 Å². The Bertz CT molecular complexity index is 1120. The van der Waals surface area contributed by atoms with Gasteiger partial charge < -0.3 is 10.5 Å². The molecule has 0 bridgehead atoms. The molecule has 0 unspecified atom stereocenters. The van der Waals surface area contributed by atoms with Crippen molar-refractivity contribution in [1.29, 1.82) is 0 Å². The predicted octanol–water partition coefficient (Wildman–Crippen LogP) is 5.52. The van der Waals surface area contributed by atoms with E-state index in [4.69, 9.17) is 15.5 Å². The SMILES string of the molecule is CC1(C)Oc2ncnc(N)c2N=C1c1ccc(C2CCC(C[P+](O)(O)C3=CCCC3)CC2)cc1. The number of nitrogens with zero attached hydrogens (tertiary/aromatic N) is 3. The monoisotopic (exact) mass is 481 g/mol. The third-order valence-electron chi connectivity index (χ3n) is 7.45. The van der Waals surface area contributed by atoms with Gasteiger partial charge in [-0.25, -0.2) is 19.8 Å². The number of aromatic nitrogens is 2. The molecule has 2 aliphatic carbocycles. The van der Waals surface area contributed by atoms with Crippen LogP contribution < -0.4 is 10.5 Å². The van der Waals surface area contributed by atoms with Crippen molar-refractivity contribution in [3.05, 3.63) is 53.1 Å². The molecule has 34 heavy (non-hydrogen) atoms. The molecule has 1 aliphatic heterocycles. The quantitative estimate of drug-likeness (QED) is 0.484. The van der Waals surface area contributed by atoms with Crippen LogP contribution in [0.4, 0.5) is 11.5 Å². The molecule has 0 amide bonds. The summed E-state index contributed by atoms with van der Waals surface area (Å²) in [5.41, 5.74) is 8.99. The Hall–Kier alpha value is -2.34. The Labute approximate surface area is 201 Å². The van der Waals surface area contributed by atoms with Gasteiger partial charge in [-0.3, -0.25) is 0 Å². The second-order valence-electron chi connectivity index (χ2n) is 10.3. The van der Waals surface area contributed by atoms with Gasteiger partial charge in [0.25, 0.3) is 7.72 Å². The fraction of sp³-hybridized carbons (Fsp3) is 0.500. The number of fused-ring (bicyclic) bond motifs is 1. The van der Waals surface area contributed by atoms with Crippen molar-refractivity contribution in [2.75, 3.05) is 11.9 Å². The van der Waals surface area contributed by atoms with Gasteiger partial charge in [-0.05, 0) is 75.8 Å². The summed E-state index contributed by atoms with van der Waals surface area (Å²) in [6, 6.07) is 8.61. The van der Waals surface area contributed by atoms with Crippen LogP contribution in [-0.2, 0) is 0 Å². The van der Waals surface area contributed by atoms with E-state index in [1.807, 2.05) is 13.8 Å². The summed E-state index contributed by atoms with van der Waals surface area (Å²) in [5, 5.41) is 0.929. The molecular weight excluding hydrogens is 447 g/mol. The van der Waals surface area contributed by atoms with Crippen LogP contribution in [0.15, 0.2) is 47.0 Å². The van der Waals surface area contributed by atoms with Crippen molar-refractivity contribution in [3.63, 3.8) is 0 Å². The van der Waals surface area contributed by atoms with Gasteiger partial charge >= 0.3 is 0 Å². The lowest BCUT2D eigenvalue weighted by Crippen LogP contribution is -2.41. The van der Waals surface area contributed by atoms with E-state index in [0.29, 0.717) is 35.4 Å². The predicted molar refractivity (Wildman–Crippen MR) is 137 cm³/mol. The molecule has 180 valence electrons. The zero-order chi connectivity index (χ0) is 23.9. The topological polar surface area (TPSA) is 114 Å². The molecule has 0 atom stereocenters. The number of rotatable bonds is 5. The maximum Gasteiger partial charge on any atom is 0.295 e. The fourth-order valence-corrected chi connectivity index (χ4v) is 7.81. The lowest BCUT2D eigenvalue weighted by molar-refractivity contribution is 0.171. The lowest BCUT2D eigenvalue weighted by Gasteiger charge is -2.32. The molecular formula is C26H34N4O3P+. The van der Waals surface area contributed by atoms with Crippen LogP contribution in [0.3, 0.4) is 0 Å². The molecule has 4 N–H and O–H groups in total. The first-order valence-electron chi connectivity index (χ1n) is 12.2. The number of ether oxygens (including phenoxy) is 1. The zero-order valence-electron chi connectivity index (χ0n) is 19.9. The first-order valence-corrected chi connectivity index (χ1v) is 14.1. The van der Waals surface area contributed by atoms with Gasteiger partial charge in [-0.1, -0.05) is 24.3 Å². The van der Waals surface area contributed by atoms with Gasteiger partial charge in [0.05, 0.1) is 5.71 Å². The van der Waals surface area contributed by atoms with Crippen molar-refractivity contribution in [3.8, 4) is 5.88 Å². The van der Waals surface area contributed by atoms with Crippen LogP contribution in [0.5, 0.6) is 5.88 Å². The molecule has 1 fully saturated rings. The number of nitrogens with two attached hydrogens (primary N) is 1. The molecule has 0 saturated heterocycles. The van der Waals surface area contributed by atoms with E-state index >= 15 is 0 Å². The van der Waals surface area contributed by atoms with E-state index in [0.717, 1.165) is 61.5 Å². The summed E-state index contributed by atoms with van der Waals surface area (Å²) in [5.74, 6) is 1.63. The average molecular weight is 482 g/mol. The Morgan fingerprint density at radius 2 is 1.82 bits per heavy atom. The second kappa shape index (κ2) is 9.03. The number of aliphatic imine (C=N–C) groups is 1. The van der Waals surface area contributed by atoms with E-state index in [-0.39, 0.29) is 0 Å². The zero-order valence-corrected chi connectivity index (χ0v) is 20.8. The van der Waals surface area contributed by atoms with Gasteiger partial charge in [0.2, 0.25) is 5.88 Å². The van der Waals surface area contributed by atoms with E-state index in [2.05, 4.69) is 40.3 Å². The second-order valence-corrected chi connectivity index (χ2v) is 12.7. The first kappa shape index (κ1) is 23.4. The number of allylic oxidation sites excluding steroid dienone is 2. The third kappa shape index (κ3) is 4.61. The average Bonchev–Trinajstić information content (AvgIpc) is 3.35. The van der Waals surface area contributed by atoms with Crippen molar-refractivity contribution >= 4 is 24.9 Å². The molecule has 1 aromatic heterocycles. The van der Waals surface area contributed by atoms with Gasteiger partial charge in [0, 0.05) is 12.0 Å². The Balaban J connectivity index is 1.26. The molecule has 7 nitrogen and oxygen atoms in total.